The molecular formula is C13H19FN2O. The van der Waals surface area contributed by atoms with E-state index in [-0.39, 0.29) is 11.3 Å². The number of anilines is 2. The van der Waals surface area contributed by atoms with Gasteiger partial charge in [-0.25, -0.2) is 4.39 Å². The number of methoxy groups -OCH3 is 1. The molecule has 4 heteroatoms. The molecule has 1 aromatic rings. The first kappa shape index (κ1) is 12.0. The molecule has 1 saturated carbocycles. The van der Waals surface area contributed by atoms with Crippen LogP contribution in [0, 0.1) is 5.82 Å². The maximum Gasteiger partial charge on any atom is 0.167 e. The quantitative estimate of drug-likeness (QED) is 0.795. The molecule has 0 aromatic heterocycles. The lowest BCUT2D eigenvalue weighted by molar-refractivity contribution is 0.386. The van der Waals surface area contributed by atoms with Crippen molar-refractivity contribution in [1.29, 1.82) is 0 Å². The van der Waals surface area contributed by atoms with Crippen LogP contribution in [0.5, 0.6) is 5.75 Å². The first-order valence-electron chi connectivity index (χ1n) is 5.95. The molecular weight excluding hydrogens is 219 g/mol. The number of benzene rings is 1. The van der Waals surface area contributed by atoms with Crippen molar-refractivity contribution in [2.45, 2.75) is 38.1 Å². The van der Waals surface area contributed by atoms with Gasteiger partial charge in [-0.3, -0.25) is 0 Å². The van der Waals surface area contributed by atoms with Gasteiger partial charge in [0.2, 0.25) is 0 Å². The fraction of sp³-hybridized carbons (Fsp3) is 0.538. The molecule has 0 amide bonds. The lowest BCUT2D eigenvalue weighted by atomic mass is 10.00. The molecule has 0 spiro atoms. The summed E-state index contributed by atoms with van der Waals surface area (Å²) in [5.74, 6) is -0.199. The van der Waals surface area contributed by atoms with Gasteiger partial charge in [0.1, 0.15) is 0 Å². The molecule has 0 aliphatic heterocycles. The van der Waals surface area contributed by atoms with Crippen LogP contribution in [0.4, 0.5) is 15.8 Å². The highest BCUT2D eigenvalue weighted by Gasteiger charge is 2.29. The molecule has 1 aromatic carbocycles. The van der Waals surface area contributed by atoms with Gasteiger partial charge in [0.15, 0.2) is 11.6 Å². The molecule has 0 saturated heterocycles. The van der Waals surface area contributed by atoms with E-state index in [1.54, 1.807) is 6.07 Å². The molecule has 94 valence electrons. The van der Waals surface area contributed by atoms with Gasteiger partial charge >= 0.3 is 0 Å². The molecule has 3 N–H and O–H groups in total. The summed E-state index contributed by atoms with van der Waals surface area (Å²) in [7, 11) is 1.45. The van der Waals surface area contributed by atoms with Crippen LogP contribution in [0.2, 0.25) is 0 Å². The smallest absolute Gasteiger partial charge is 0.167 e. The number of hydrogen-bond donors (Lipinski definition) is 2. The predicted octanol–water partition coefficient (Wildman–Crippen LogP) is 3.16. The normalized spacial score (nSPS) is 18.1. The van der Waals surface area contributed by atoms with Crippen LogP contribution in [-0.2, 0) is 0 Å². The van der Waals surface area contributed by atoms with Crippen molar-refractivity contribution in [1.82, 2.24) is 0 Å². The van der Waals surface area contributed by atoms with Crippen LogP contribution in [0.1, 0.15) is 32.6 Å². The van der Waals surface area contributed by atoms with Crippen molar-refractivity contribution in [3.05, 3.63) is 17.9 Å². The standard InChI is InChI=1S/C13H19FN2O/c1-13(5-3-4-6-13)16-11-8-12(17-2)9(14)7-10(11)15/h7-8,16H,3-6,15H2,1-2H3. The van der Waals surface area contributed by atoms with Crippen molar-refractivity contribution >= 4 is 11.4 Å². The van der Waals surface area contributed by atoms with Crippen LogP contribution in [0.15, 0.2) is 12.1 Å². The number of nitrogens with one attached hydrogen (secondary N) is 1. The van der Waals surface area contributed by atoms with Crippen molar-refractivity contribution < 1.29 is 9.13 Å². The third-order valence-corrected chi connectivity index (χ3v) is 3.47. The number of nitrogens with two attached hydrogens (primary N) is 1. The topological polar surface area (TPSA) is 47.3 Å². The SMILES string of the molecule is COc1cc(NC2(C)CCCC2)c(N)cc1F. The summed E-state index contributed by atoms with van der Waals surface area (Å²) >= 11 is 0. The molecule has 0 heterocycles. The Labute approximate surface area is 101 Å². The van der Waals surface area contributed by atoms with E-state index in [0.29, 0.717) is 5.69 Å². The van der Waals surface area contributed by atoms with E-state index in [2.05, 4.69) is 12.2 Å². The van der Waals surface area contributed by atoms with Gasteiger partial charge in [0.05, 0.1) is 18.5 Å². The summed E-state index contributed by atoms with van der Waals surface area (Å²) in [4.78, 5) is 0. The molecule has 0 atom stereocenters. The summed E-state index contributed by atoms with van der Waals surface area (Å²) in [6, 6.07) is 2.94. The zero-order valence-corrected chi connectivity index (χ0v) is 10.3. The van der Waals surface area contributed by atoms with Crippen LogP contribution in [0.25, 0.3) is 0 Å². The molecule has 0 bridgehead atoms. The summed E-state index contributed by atoms with van der Waals surface area (Å²) in [5.41, 5.74) is 7.07. The Morgan fingerprint density at radius 1 is 1.35 bits per heavy atom. The summed E-state index contributed by atoms with van der Waals surface area (Å²) in [6.07, 6.45) is 4.68. The summed E-state index contributed by atoms with van der Waals surface area (Å²) < 4.78 is 18.4. The highest BCUT2D eigenvalue weighted by Crippen LogP contribution is 2.36. The third kappa shape index (κ3) is 2.46. The molecule has 1 aliphatic rings. The minimum atomic E-state index is -0.424. The molecule has 1 fully saturated rings. The number of halogens is 1. The second kappa shape index (κ2) is 4.43. The minimum absolute atomic E-state index is 0.0664. The van der Waals surface area contributed by atoms with E-state index >= 15 is 0 Å². The maximum atomic E-state index is 13.4. The van der Waals surface area contributed by atoms with Gasteiger partial charge in [-0.05, 0) is 19.8 Å². The maximum absolute atomic E-state index is 13.4. The Morgan fingerprint density at radius 3 is 2.59 bits per heavy atom. The molecule has 0 radical (unpaired) electrons. The van der Waals surface area contributed by atoms with Crippen LogP contribution in [-0.4, -0.2) is 12.6 Å². The zero-order valence-electron chi connectivity index (χ0n) is 10.3. The van der Waals surface area contributed by atoms with Gasteiger partial charge in [0.25, 0.3) is 0 Å². The van der Waals surface area contributed by atoms with E-state index in [1.165, 1.54) is 26.0 Å². The van der Waals surface area contributed by atoms with Gasteiger partial charge in [-0.2, -0.15) is 0 Å². The average molecular weight is 238 g/mol. The summed E-state index contributed by atoms with van der Waals surface area (Å²) in [6.45, 7) is 2.18. The van der Waals surface area contributed by atoms with Crippen molar-refractivity contribution in [2.24, 2.45) is 0 Å². The van der Waals surface area contributed by atoms with Crippen molar-refractivity contribution in [3.8, 4) is 5.75 Å². The Hall–Kier alpha value is -1.45. The monoisotopic (exact) mass is 238 g/mol. The fourth-order valence-electron chi connectivity index (χ4n) is 2.44. The highest BCUT2D eigenvalue weighted by atomic mass is 19.1. The molecule has 0 unspecified atom stereocenters. The Bertz CT molecular complexity index is 414. The largest absolute Gasteiger partial charge is 0.494 e. The van der Waals surface area contributed by atoms with Gasteiger partial charge in [0, 0.05) is 17.7 Å². The number of ether oxygens (including phenoxy) is 1. The third-order valence-electron chi connectivity index (χ3n) is 3.47. The summed E-state index contributed by atoms with van der Waals surface area (Å²) in [5, 5.41) is 3.42. The van der Waals surface area contributed by atoms with E-state index in [9.17, 15) is 4.39 Å². The lowest BCUT2D eigenvalue weighted by Gasteiger charge is -2.27. The van der Waals surface area contributed by atoms with E-state index in [1.807, 2.05) is 0 Å². The van der Waals surface area contributed by atoms with Gasteiger partial charge < -0.3 is 15.8 Å². The Balaban J connectivity index is 2.26. The van der Waals surface area contributed by atoms with Crippen molar-refractivity contribution in [2.75, 3.05) is 18.2 Å². The first-order valence-corrected chi connectivity index (χ1v) is 5.95. The molecule has 1 aliphatic carbocycles. The number of rotatable bonds is 3. The highest BCUT2D eigenvalue weighted by molar-refractivity contribution is 5.69. The van der Waals surface area contributed by atoms with Crippen LogP contribution < -0.4 is 15.8 Å². The zero-order chi connectivity index (χ0) is 12.5. The second-order valence-electron chi connectivity index (χ2n) is 4.97. The molecule has 2 rings (SSSR count). The van der Waals surface area contributed by atoms with E-state index in [4.69, 9.17) is 10.5 Å². The number of hydrogen-bond acceptors (Lipinski definition) is 3. The van der Waals surface area contributed by atoms with E-state index in [0.717, 1.165) is 18.5 Å². The van der Waals surface area contributed by atoms with Gasteiger partial charge in [-0.1, -0.05) is 12.8 Å². The molecule has 17 heavy (non-hydrogen) atoms. The van der Waals surface area contributed by atoms with Crippen LogP contribution >= 0.6 is 0 Å². The number of nitrogen functional groups attached to an aromatic ring is 1. The predicted molar refractivity (Wildman–Crippen MR) is 67.9 cm³/mol. The Kier molecular flexibility index (Phi) is 3.13. The minimum Gasteiger partial charge on any atom is -0.494 e. The second-order valence-corrected chi connectivity index (χ2v) is 4.97. The first-order chi connectivity index (χ1) is 8.04. The lowest BCUT2D eigenvalue weighted by Crippen LogP contribution is -2.31. The fourth-order valence-corrected chi connectivity index (χ4v) is 2.44. The van der Waals surface area contributed by atoms with E-state index < -0.39 is 5.82 Å². The molecule has 3 nitrogen and oxygen atoms in total. The Morgan fingerprint density at radius 2 is 2.00 bits per heavy atom. The average Bonchev–Trinajstić information content (AvgIpc) is 2.69. The van der Waals surface area contributed by atoms with Crippen LogP contribution in [0.3, 0.4) is 0 Å². The van der Waals surface area contributed by atoms with Crippen molar-refractivity contribution in [3.63, 3.8) is 0 Å². The van der Waals surface area contributed by atoms with Gasteiger partial charge in [-0.15, -0.1) is 0 Å².